The van der Waals surface area contributed by atoms with Crippen molar-refractivity contribution in [3.05, 3.63) is 75.5 Å². The number of aromatic carboxylic acids is 1. The first-order chi connectivity index (χ1) is 23.9. The van der Waals surface area contributed by atoms with Gasteiger partial charge in [0.25, 0.3) is 0 Å². The van der Waals surface area contributed by atoms with Gasteiger partial charge in [-0.3, -0.25) is 4.90 Å². The molecule has 1 saturated heterocycles. The first-order valence-electron chi connectivity index (χ1n) is 16.4. The van der Waals surface area contributed by atoms with Crippen LogP contribution in [0.2, 0.25) is 0 Å². The van der Waals surface area contributed by atoms with Crippen molar-refractivity contribution >= 4 is 51.5 Å². The zero-order chi connectivity index (χ0) is 33.7. The van der Waals surface area contributed by atoms with E-state index in [4.69, 9.17) is 4.74 Å². The lowest BCUT2D eigenvalue weighted by Crippen LogP contribution is -2.43. The van der Waals surface area contributed by atoms with Gasteiger partial charge >= 0.3 is 5.97 Å². The number of carboxylic acid groups (broad SMARTS) is 1. The molecule has 1 fully saturated rings. The number of thiazole rings is 1. The maximum atomic E-state index is 14.8. The van der Waals surface area contributed by atoms with E-state index in [2.05, 4.69) is 60.0 Å². The fourth-order valence-corrected chi connectivity index (χ4v) is 8.25. The second-order valence-corrected chi connectivity index (χ2v) is 14.2. The van der Waals surface area contributed by atoms with Crippen LogP contribution in [-0.2, 0) is 12.8 Å². The van der Waals surface area contributed by atoms with Gasteiger partial charge in [0, 0.05) is 59.2 Å². The number of hydrogen-bond donors (Lipinski definition) is 4. The number of nitrogens with one attached hydrogen (secondary N) is 3. The second kappa shape index (κ2) is 15.0. The monoisotopic (exact) mass is 700 g/mol. The van der Waals surface area contributed by atoms with Gasteiger partial charge in [0.2, 0.25) is 0 Å². The van der Waals surface area contributed by atoms with Crippen LogP contribution in [0, 0.1) is 24.6 Å². The number of carboxylic acids is 1. The molecule has 7 rings (SSSR count). The van der Waals surface area contributed by atoms with Crippen molar-refractivity contribution in [1.29, 1.82) is 0 Å². The highest BCUT2D eigenvalue weighted by Crippen LogP contribution is 2.41. The number of thioether (sulfide) groups is 1. The Morgan fingerprint density at radius 2 is 2.04 bits per heavy atom. The van der Waals surface area contributed by atoms with E-state index in [-0.39, 0.29) is 23.5 Å². The molecule has 2 aromatic heterocycles. The molecule has 49 heavy (non-hydrogen) atoms. The third kappa shape index (κ3) is 7.60. The normalized spacial score (nSPS) is 17.0. The van der Waals surface area contributed by atoms with Crippen LogP contribution in [-0.4, -0.2) is 82.5 Å². The Morgan fingerprint density at radius 1 is 1.18 bits per heavy atom. The molecule has 4 aromatic rings. The van der Waals surface area contributed by atoms with E-state index in [0.717, 1.165) is 55.8 Å². The predicted molar refractivity (Wildman–Crippen MR) is 191 cm³/mol. The van der Waals surface area contributed by atoms with Gasteiger partial charge in [-0.05, 0) is 62.9 Å². The van der Waals surface area contributed by atoms with Crippen LogP contribution in [0.1, 0.15) is 44.9 Å². The minimum absolute atomic E-state index is 0.0221. The first kappa shape index (κ1) is 33.1. The summed E-state index contributed by atoms with van der Waals surface area (Å²) in [6, 6.07) is 12.9. The molecule has 0 aliphatic carbocycles. The number of anilines is 4. The number of aryl methyl sites for hydroxylation is 1. The fourth-order valence-electron chi connectivity index (χ4n) is 6.10. The number of fused-ring (bicyclic) bond motifs is 2. The second-order valence-electron chi connectivity index (χ2n) is 12.0. The third-order valence-corrected chi connectivity index (χ3v) is 10.9. The molecule has 0 amide bonds. The summed E-state index contributed by atoms with van der Waals surface area (Å²) in [6.45, 7) is 7.42. The fraction of sp³-hybridized carbons (Fsp3) is 0.371. The molecule has 0 radical (unpaired) electrons. The van der Waals surface area contributed by atoms with Crippen molar-refractivity contribution in [2.24, 2.45) is 0 Å². The number of aromatic nitrogens is 3. The number of ether oxygens (including phenoxy) is 1. The molecule has 1 unspecified atom stereocenters. The lowest BCUT2D eigenvalue weighted by Gasteiger charge is -2.29. The highest BCUT2D eigenvalue weighted by Gasteiger charge is 2.29. The predicted octanol–water partition coefficient (Wildman–Crippen LogP) is 5.34. The van der Waals surface area contributed by atoms with E-state index in [1.807, 2.05) is 24.0 Å². The van der Waals surface area contributed by atoms with E-state index < -0.39 is 11.8 Å². The van der Waals surface area contributed by atoms with Gasteiger partial charge in [0.1, 0.15) is 0 Å². The minimum atomic E-state index is -1.08. The number of piperazine rings is 1. The van der Waals surface area contributed by atoms with Crippen molar-refractivity contribution in [3.63, 3.8) is 0 Å². The standard InChI is InChI=1S/C35H37FN8O3S2/c1-22-24-8-5-17-44(32(24)42-41-31(22)40-34-38-26-9-2-3-10-28(26)48-34)35-39-30(33(45)46)29(49-35)11-6-20-47-27-13-12-23(21-25(27)36)7-4-16-43-18-14-37-15-19-43/h2-3,9-10,12-13,21,34,37-38H,5-6,8,11,14-20H2,1H3,(H,40,41)(H,45,46). The van der Waals surface area contributed by atoms with E-state index in [9.17, 15) is 14.3 Å². The molecular weight excluding hydrogens is 664 g/mol. The number of carbonyl (C=O) groups is 1. The summed E-state index contributed by atoms with van der Waals surface area (Å²) in [5.74, 6) is 6.18. The molecule has 0 saturated carbocycles. The summed E-state index contributed by atoms with van der Waals surface area (Å²) >= 11 is 3.04. The maximum Gasteiger partial charge on any atom is 0.355 e. The topological polar surface area (TPSA) is 128 Å². The summed E-state index contributed by atoms with van der Waals surface area (Å²) in [5.41, 5.74) is 3.74. The van der Waals surface area contributed by atoms with Crippen LogP contribution in [0.4, 0.5) is 26.8 Å². The Kier molecular flexibility index (Phi) is 10.1. The van der Waals surface area contributed by atoms with Gasteiger partial charge in [0.05, 0.1) is 18.8 Å². The Labute approximate surface area is 292 Å². The number of hydrogen-bond acceptors (Lipinski definition) is 12. The Hall–Kier alpha value is -4.42. The summed E-state index contributed by atoms with van der Waals surface area (Å²) in [7, 11) is 0. The summed E-state index contributed by atoms with van der Waals surface area (Å²) in [5, 5.41) is 30.0. The van der Waals surface area contributed by atoms with Crippen molar-refractivity contribution in [3.8, 4) is 17.6 Å². The Balaban J connectivity index is 0.973. The van der Waals surface area contributed by atoms with Crippen molar-refractivity contribution in [2.45, 2.75) is 43.0 Å². The minimum Gasteiger partial charge on any atom is -0.491 e. The number of para-hydroxylation sites is 1. The maximum absolute atomic E-state index is 14.8. The molecule has 4 N–H and O–H groups in total. The molecule has 2 aromatic carbocycles. The third-order valence-electron chi connectivity index (χ3n) is 8.68. The summed E-state index contributed by atoms with van der Waals surface area (Å²) < 4.78 is 20.5. The van der Waals surface area contributed by atoms with Crippen molar-refractivity contribution in [1.82, 2.24) is 25.4 Å². The number of benzene rings is 2. The number of halogens is 1. The zero-order valence-electron chi connectivity index (χ0n) is 27.1. The Morgan fingerprint density at radius 3 is 2.86 bits per heavy atom. The largest absolute Gasteiger partial charge is 0.491 e. The number of nitrogens with zero attached hydrogens (tertiary/aromatic N) is 5. The van der Waals surface area contributed by atoms with E-state index in [1.54, 1.807) is 23.9 Å². The average molecular weight is 701 g/mol. The van der Waals surface area contributed by atoms with Crippen LogP contribution in [0.25, 0.3) is 0 Å². The van der Waals surface area contributed by atoms with Crippen LogP contribution in [0.3, 0.4) is 0 Å². The molecule has 0 bridgehead atoms. The zero-order valence-corrected chi connectivity index (χ0v) is 28.7. The van der Waals surface area contributed by atoms with Gasteiger partial charge in [0.15, 0.2) is 39.5 Å². The van der Waals surface area contributed by atoms with Gasteiger partial charge in [-0.15, -0.1) is 21.5 Å². The molecule has 14 heteroatoms. The van der Waals surface area contributed by atoms with E-state index >= 15 is 0 Å². The van der Waals surface area contributed by atoms with Crippen molar-refractivity contribution in [2.75, 3.05) is 61.4 Å². The molecule has 3 aliphatic rings. The van der Waals surface area contributed by atoms with Gasteiger partial charge in [-0.2, -0.15) is 0 Å². The number of rotatable bonds is 10. The van der Waals surface area contributed by atoms with E-state index in [1.165, 1.54) is 22.3 Å². The lowest BCUT2D eigenvalue weighted by molar-refractivity contribution is 0.0690. The first-order valence-corrected chi connectivity index (χ1v) is 18.1. The molecule has 3 aliphatic heterocycles. The van der Waals surface area contributed by atoms with Gasteiger partial charge in [-0.25, -0.2) is 14.2 Å². The molecule has 0 spiro atoms. The van der Waals surface area contributed by atoms with Crippen LogP contribution >= 0.6 is 23.1 Å². The highest BCUT2D eigenvalue weighted by atomic mass is 32.2. The quantitative estimate of drug-likeness (QED) is 0.126. The highest BCUT2D eigenvalue weighted by molar-refractivity contribution is 8.00. The summed E-state index contributed by atoms with van der Waals surface area (Å²) in [6.07, 6.45) is 2.64. The van der Waals surface area contributed by atoms with Crippen LogP contribution in [0.15, 0.2) is 47.4 Å². The van der Waals surface area contributed by atoms with Crippen molar-refractivity contribution < 1.29 is 19.0 Å². The molecular formula is C35H37FN8O3S2. The SMILES string of the molecule is Cc1c(NC2Nc3ccccc3S2)nnc2c1CCCN2c1nc(C(=O)O)c(CCCOc2ccc(C#CCN3CCNCC3)cc2F)s1. The van der Waals surface area contributed by atoms with E-state index in [0.29, 0.717) is 53.1 Å². The lowest BCUT2D eigenvalue weighted by atomic mass is 10.0. The van der Waals surface area contributed by atoms with Crippen LogP contribution < -0.4 is 25.6 Å². The molecule has 1 atom stereocenters. The van der Waals surface area contributed by atoms with Gasteiger partial charge in [-0.1, -0.05) is 35.7 Å². The molecule has 254 valence electrons. The van der Waals surface area contributed by atoms with Gasteiger partial charge < -0.3 is 30.7 Å². The Bertz CT molecular complexity index is 1880. The molecule has 11 nitrogen and oxygen atoms in total. The smallest absolute Gasteiger partial charge is 0.355 e. The summed E-state index contributed by atoms with van der Waals surface area (Å²) in [4.78, 5) is 22.8. The van der Waals surface area contributed by atoms with Crippen LogP contribution in [0.5, 0.6) is 5.75 Å². The average Bonchev–Trinajstić information content (AvgIpc) is 3.73. The molecule has 5 heterocycles.